The number of ketones is 1. The summed E-state index contributed by atoms with van der Waals surface area (Å²) in [7, 11) is -3.77. The van der Waals surface area contributed by atoms with Crippen molar-refractivity contribution in [3.63, 3.8) is 0 Å². The van der Waals surface area contributed by atoms with Crippen molar-refractivity contribution in [3.8, 4) is 0 Å². The Kier molecular flexibility index (Phi) is 4.59. The molecule has 0 saturated heterocycles. The van der Waals surface area contributed by atoms with Crippen LogP contribution in [-0.2, 0) is 10.0 Å². The van der Waals surface area contributed by atoms with Gasteiger partial charge in [-0.05, 0) is 68.3 Å². The molecule has 1 fully saturated rings. The fourth-order valence-corrected chi connectivity index (χ4v) is 3.33. The van der Waals surface area contributed by atoms with Crippen LogP contribution in [0.5, 0.6) is 0 Å². The second-order valence-corrected chi connectivity index (χ2v) is 7.69. The first-order valence-corrected chi connectivity index (χ1v) is 9.38. The molecule has 0 aliphatic heterocycles. The van der Waals surface area contributed by atoms with Crippen LogP contribution in [0.25, 0.3) is 0 Å². The summed E-state index contributed by atoms with van der Waals surface area (Å²) in [5.41, 5.74) is 1.30. The molecule has 1 aliphatic carbocycles. The van der Waals surface area contributed by atoms with Crippen LogP contribution < -0.4 is 10.0 Å². The Morgan fingerprint density at radius 2 is 1.48 bits per heavy atom. The van der Waals surface area contributed by atoms with Gasteiger partial charge in [0.05, 0.1) is 4.90 Å². The van der Waals surface area contributed by atoms with Crippen molar-refractivity contribution in [3.05, 3.63) is 59.7 Å². The number of rotatable bonds is 6. The van der Waals surface area contributed by atoms with Crippen LogP contribution in [0.2, 0.25) is 0 Å². The Hall–Kier alpha value is -2.67. The van der Waals surface area contributed by atoms with Crippen molar-refractivity contribution >= 4 is 27.4 Å². The lowest BCUT2D eigenvalue weighted by molar-refractivity contribution is 0.0950. The van der Waals surface area contributed by atoms with Crippen molar-refractivity contribution in [2.24, 2.45) is 0 Å². The molecular formula is C18H18N2O4S. The third-order valence-corrected chi connectivity index (χ3v) is 5.28. The first kappa shape index (κ1) is 17.2. The van der Waals surface area contributed by atoms with E-state index in [0.29, 0.717) is 16.8 Å². The van der Waals surface area contributed by atoms with Crippen LogP contribution >= 0.6 is 0 Å². The minimum absolute atomic E-state index is 0.0612. The van der Waals surface area contributed by atoms with Crippen LogP contribution in [0.3, 0.4) is 0 Å². The van der Waals surface area contributed by atoms with Crippen molar-refractivity contribution in [2.75, 3.05) is 4.72 Å². The molecule has 7 heteroatoms. The molecular weight excluding hydrogens is 340 g/mol. The molecule has 1 aliphatic rings. The molecule has 1 amide bonds. The number of carbonyl (C=O) groups excluding carboxylic acids is 2. The number of benzene rings is 2. The van der Waals surface area contributed by atoms with Gasteiger partial charge in [-0.3, -0.25) is 14.3 Å². The van der Waals surface area contributed by atoms with Gasteiger partial charge in [0.1, 0.15) is 0 Å². The summed E-state index contributed by atoms with van der Waals surface area (Å²) < 4.78 is 27.3. The minimum Gasteiger partial charge on any atom is -0.349 e. The molecule has 2 N–H and O–H groups in total. The number of nitrogens with one attached hydrogen (secondary N) is 2. The molecule has 0 radical (unpaired) electrons. The molecule has 0 unspecified atom stereocenters. The van der Waals surface area contributed by atoms with E-state index < -0.39 is 10.0 Å². The maximum atomic E-state index is 12.4. The molecule has 25 heavy (non-hydrogen) atoms. The maximum Gasteiger partial charge on any atom is 0.261 e. The Labute approximate surface area is 146 Å². The third-order valence-electron chi connectivity index (χ3n) is 3.88. The highest BCUT2D eigenvalue weighted by Crippen LogP contribution is 2.20. The summed E-state index contributed by atoms with van der Waals surface area (Å²) in [4.78, 5) is 23.2. The summed E-state index contributed by atoms with van der Waals surface area (Å²) in [6.45, 7) is 1.44. The molecule has 6 nitrogen and oxygen atoms in total. The van der Waals surface area contributed by atoms with Gasteiger partial charge in [-0.1, -0.05) is 0 Å². The van der Waals surface area contributed by atoms with Crippen LogP contribution in [-0.4, -0.2) is 26.2 Å². The van der Waals surface area contributed by atoms with Crippen LogP contribution in [0.15, 0.2) is 53.4 Å². The number of hydrogen-bond acceptors (Lipinski definition) is 4. The zero-order chi connectivity index (χ0) is 18.0. The van der Waals surface area contributed by atoms with Gasteiger partial charge in [0.25, 0.3) is 15.9 Å². The third kappa shape index (κ3) is 4.24. The summed E-state index contributed by atoms with van der Waals surface area (Å²) in [5.74, 6) is -0.284. The summed E-state index contributed by atoms with van der Waals surface area (Å²) in [6.07, 6.45) is 1.98. The highest BCUT2D eigenvalue weighted by molar-refractivity contribution is 7.92. The Morgan fingerprint density at radius 3 is 2.00 bits per heavy atom. The van der Waals surface area contributed by atoms with E-state index in [-0.39, 0.29) is 22.6 Å². The molecule has 0 atom stereocenters. The number of sulfonamides is 1. The smallest absolute Gasteiger partial charge is 0.261 e. The summed E-state index contributed by atoms with van der Waals surface area (Å²) in [5, 5.41) is 2.85. The minimum atomic E-state index is -3.77. The quantitative estimate of drug-likeness (QED) is 0.776. The van der Waals surface area contributed by atoms with Gasteiger partial charge in [0, 0.05) is 22.9 Å². The Balaban J connectivity index is 1.72. The first-order chi connectivity index (χ1) is 11.8. The van der Waals surface area contributed by atoms with Crippen molar-refractivity contribution in [1.82, 2.24) is 5.32 Å². The van der Waals surface area contributed by atoms with Crippen LogP contribution in [0, 0.1) is 0 Å². The molecule has 1 saturated carbocycles. The van der Waals surface area contributed by atoms with E-state index in [4.69, 9.17) is 0 Å². The molecule has 3 rings (SSSR count). The molecule has 0 heterocycles. The fraction of sp³-hybridized carbons (Fsp3) is 0.222. The van der Waals surface area contributed by atoms with Gasteiger partial charge in [0.15, 0.2) is 5.78 Å². The predicted octanol–water partition coefficient (Wildman–Crippen LogP) is 2.58. The molecule has 2 aromatic carbocycles. The Bertz CT molecular complexity index is 899. The van der Waals surface area contributed by atoms with Gasteiger partial charge in [-0.2, -0.15) is 0 Å². The highest BCUT2D eigenvalue weighted by atomic mass is 32.2. The highest BCUT2D eigenvalue weighted by Gasteiger charge is 2.24. The van der Waals surface area contributed by atoms with E-state index in [1.807, 2.05) is 0 Å². The van der Waals surface area contributed by atoms with Gasteiger partial charge >= 0.3 is 0 Å². The van der Waals surface area contributed by atoms with E-state index in [0.717, 1.165) is 12.8 Å². The summed E-state index contributed by atoms with van der Waals surface area (Å²) >= 11 is 0. The fourth-order valence-electron chi connectivity index (χ4n) is 2.27. The number of Topliss-reactive ketones (excluding diaryl/α,β-unsaturated/α-hetero) is 1. The van der Waals surface area contributed by atoms with Gasteiger partial charge in [-0.15, -0.1) is 0 Å². The number of hydrogen-bond donors (Lipinski definition) is 2. The molecule has 0 aromatic heterocycles. The van der Waals surface area contributed by atoms with Crippen LogP contribution in [0.4, 0.5) is 5.69 Å². The van der Waals surface area contributed by atoms with Gasteiger partial charge < -0.3 is 5.32 Å². The second kappa shape index (κ2) is 6.68. The van der Waals surface area contributed by atoms with E-state index in [1.54, 1.807) is 12.1 Å². The molecule has 0 spiro atoms. The van der Waals surface area contributed by atoms with Crippen molar-refractivity contribution in [1.29, 1.82) is 0 Å². The zero-order valence-electron chi connectivity index (χ0n) is 13.7. The van der Waals surface area contributed by atoms with Crippen molar-refractivity contribution in [2.45, 2.75) is 30.7 Å². The summed E-state index contributed by atoms with van der Waals surface area (Å²) in [6, 6.07) is 12.2. The number of amides is 1. The largest absolute Gasteiger partial charge is 0.349 e. The lowest BCUT2D eigenvalue weighted by Crippen LogP contribution is -2.25. The topological polar surface area (TPSA) is 92.3 Å². The SMILES string of the molecule is CC(=O)c1ccc(NS(=O)(=O)c2ccc(C(=O)NC3CC3)cc2)cc1. The molecule has 2 aromatic rings. The Morgan fingerprint density at radius 1 is 0.920 bits per heavy atom. The average molecular weight is 358 g/mol. The first-order valence-electron chi connectivity index (χ1n) is 7.90. The monoisotopic (exact) mass is 358 g/mol. The van der Waals surface area contributed by atoms with E-state index in [9.17, 15) is 18.0 Å². The van der Waals surface area contributed by atoms with Gasteiger partial charge in [0.2, 0.25) is 0 Å². The normalized spacial score (nSPS) is 14.0. The van der Waals surface area contributed by atoms with Crippen LogP contribution in [0.1, 0.15) is 40.5 Å². The molecule has 130 valence electrons. The maximum absolute atomic E-state index is 12.4. The van der Waals surface area contributed by atoms with E-state index in [1.165, 1.54) is 43.3 Å². The van der Waals surface area contributed by atoms with E-state index in [2.05, 4.69) is 10.0 Å². The standard InChI is InChI=1S/C18H18N2O4S/c1-12(21)13-2-6-16(7-3-13)20-25(23,24)17-10-4-14(5-11-17)18(22)19-15-8-9-15/h2-7,10-11,15,20H,8-9H2,1H3,(H,19,22). The molecule has 0 bridgehead atoms. The average Bonchev–Trinajstić information content (AvgIpc) is 3.39. The van der Waals surface area contributed by atoms with E-state index >= 15 is 0 Å². The lowest BCUT2D eigenvalue weighted by atomic mass is 10.1. The zero-order valence-corrected chi connectivity index (χ0v) is 14.5. The van der Waals surface area contributed by atoms with Gasteiger partial charge in [-0.25, -0.2) is 8.42 Å². The second-order valence-electron chi connectivity index (χ2n) is 6.01. The number of carbonyl (C=O) groups is 2. The number of anilines is 1. The lowest BCUT2D eigenvalue weighted by Gasteiger charge is -2.09. The predicted molar refractivity (Wildman–Crippen MR) is 94.2 cm³/mol. The van der Waals surface area contributed by atoms with Crippen molar-refractivity contribution < 1.29 is 18.0 Å².